The second-order valence-electron chi connectivity index (χ2n) is 5.79. The van der Waals surface area contributed by atoms with Crippen molar-refractivity contribution >= 4 is 0 Å². The fourth-order valence-corrected chi connectivity index (χ4v) is 3.15. The maximum absolute atomic E-state index is 13.7. The van der Waals surface area contributed by atoms with Crippen molar-refractivity contribution in [1.82, 2.24) is 5.32 Å². The number of methoxy groups -OCH3 is 1. The monoisotopic (exact) mass is 315 g/mol. The van der Waals surface area contributed by atoms with E-state index in [1.165, 1.54) is 11.6 Å². The van der Waals surface area contributed by atoms with Crippen LogP contribution in [0.2, 0.25) is 0 Å². The highest BCUT2D eigenvalue weighted by Crippen LogP contribution is 2.31. The number of halogens is 1. The molecule has 1 saturated heterocycles. The maximum atomic E-state index is 13.7. The minimum absolute atomic E-state index is 0.0686. The lowest BCUT2D eigenvalue weighted by Crippen LogP contribution is -2.42. The summed E-state index contributed by atoms with van der Waals surface area (Å²) >= 11 is 0. The summed E-state index contributed by atoms with van der Waals surface area (Å²) in [7, 11) is 1.62. The summed E-state index contributed by atoms with van der Waals surface area (Å²) in [6.07, 6.45) is 0.747. The van der Waals surface area contributed by atoms with Gasteiger partial charge in [0.25, 0.3) is 0 Å². The van der Waals surface area contributed by atoms with Gasteiger partial charge in [0.15, 0.2) is 0 Å². The summed E-state index contributed by atoms with van der Waals surface area (Å²) in [5, 5.41) is 3.38. The fourth-order valence-electron chi connectivity index (χ4n) is 3.15. The van der Waals surface area contributed by atoms with Crippen LogP contribution in [0.4, 0.5) is 4.39 Å². The summed E-state index contributed by atoms with van der Waals surface area (Å²) < 4.78 is 25.1. The van der Waals surface area contributed by atoms with Crippen molar-refractivity contribution in [3.05, 3.63) is 65.5 Å². The molecular formula is C19H22FNO2. The Morgan fingerprint density at radius 1 is 1.26 bits per heavy atom. The van der Waals surface area contributed by atoms with Crippen LogP contribution in [0.3, 0.4) is 0 Å². The standard InChI is InChI=1S/C19H22FNO2/c1-22-18-8-7-16(20)11-15(18)12-17(14-5-3-2-4-6-14)19-13-21-9-10-23-19/h2-8,11,17,19,21H,9-10,12-13H2,1H3/t17-,19-/m0/s1. The minimum atomic E-state index is -0.240. The van der Waals surface area contributed by atoms with Gasteiger partial charge >= 0.3 is 0 Å². The van der Waals surface area contributed by atoms with Crippen molar-refractivity contribution in [2.75, 3.05) is 26.8 Å². The van der Waals surface area contributed by atoms with Gasteiger partial charge in [-0.2, -0.15) is 0 Å². The quantitative estimate of drug-likeness (QED) is 0.919. The summed E-state index contributed by atoms with van der Waals surface area (Å²) in [4.78, 5) is 0. The zero-order valence-corrected chi connectivity index (χ0v) is 13.3. The third-order valence-corrected chi connectivity index (χ3v) is 4.32. The first kappa shape index (κ1) is 16.0. The first-order valence-electron chi connectivity index (χ1n) is 7.97. The predicted molar refractivity (Wildman–Crippen MR) is 88.4 cm³/mol. The number of hydrogen-bond donors (Lipinski definition) is 1. The zero-order valence-electron chi connectivity index (χ0n) is 13.3. The van der Waals surface area contributed by atoms with Gasteiger partial charge in [-0.05, 0) is 35.7 Å². The molecule has 1 N–H and O–H groups in total. The van der Waals surface area contributed by atoms with Crippen molar-refractivity contribution in [3.63, 3.8) is 0 Å². The maximum Gasteiger partial charge on any atom is 0.123 e. The lowest BCUT2D eigenvalue weighted by atomic mass is 9.86. The van der Waals surface area contributed by atoms with E-state index in [-0.39, 0.29) is 17.8 Å². The molecular weight excluding hydrogens is 293 g/mol. The molecule has 1 heterocycles. The molecule has 3 rings (SSSR count). The van der Waals surface area contributed by atoms with Crippen LogP contribution in [0.15, 0.2) is 48.5 Å². The molecule has 0 aromatic heterocycles. The van der Waals surface area contributed by atoms with E-state index < -0.39 is 0 Å². The van der Waals surface area contributed by atoms with Crippen LogP contribution >= 0.6 is 0 Å². The van der Waals surface area contributed by atoms with Gasteiger partial charge in [0.2, 0.25) is 0 Å². The molecule has 1 aliphatic heterocycles. The molecule has 2 aromatic carbocycles. The molecule has 0 saturated carbocycles. The van der Waals surface area contributed by atoms with Crippen LogP contribution in [-0.2, 0) is 11.2 Å². The third-order valence-electron chi connectivity index (χ3n) is 4.32. The van der Waals surface area contributed by atoms with E-state index in [0.717, 1.165) is 24.4 Å². The molecule has 0 spiro atoms. The molecule has 1 aliphatic rings. The van der Waals surface area contributed by atoms with Crippen molar-refractivity contribution in [1.29, 1.82) is 0 Å². The third kappa shape index (κ3) is 3.89. The smallest absolute Gasteiger partial charge is 0.123 e. The molecule has 122 valence electrons. The van der Waals surface area contributed by atoms with Gasteiger partial charge in [0.05, 0.1) is 19.8 Å². The molecule has 3 nitrogen and oxygen atoms in total. The first-order chi connectivity index (χ1) is 11.3. The Hall–Kier alpha value is -1.91. The van der Waals surface area contributed by atoms with Crippen LogP contribution in [0, 0.1) is 5.82 Å². The van der Waals surface area contributed by atoms with Gasteiger partial charge < -0.3 is 14.8 Å². The van der Waals surface area contributed by atoms with E-state index in [1.807, 2.05) is 18.2 Å². The molecule has 0 amide bonds. The van der Waals surface area contributed by atoms with Gasteiger partial charge in [0, 0.05) is 19.0 Å². The summed E-state index contributed by atoms with van der Waals surface area (Å²) in [6.45, 7) is 2.38. The Labute approximate surface area is 136 Å². The van der Waals surface area contributed by atoms with Gasteiger partial charge in [0.1, 0.15) is 11.6 Å². The number of hydrogen-bond acceptors (Lipinski definition) is 3. The zero-order chi connectivity index (χ0) is 16.1. The highest BCUT2D eigenvalue weighted by Gasteiger charge is 2.27. The fraction of sp³-hybridized carbons (Fsp3) is 0.368. The second-order valence-corrected chi connectivity index (χ2v) is 5.79. The predicted octanol–water partition coefficient (Wildman–Crippen LogP) is 3.15. The van der Waals surface area contributed by atoms with Crippen molar-refractivity contribution in [2.24, 2.45) is 0 Å². The molecule has 4 heteroatoms. The topological polar surface area (TPSA) is 30.5 Å². The molecule has 0 aliphatic carbocycles. The molecule has 0 radical (unpaired) electrons. The molecule has 0 unspecified atom stereocenters. The Morgan fingerprint density at radius 2 is 2.09 bits per heavy atom. The lowest BCUT2D eigenvalue weighted by Gasteiger charge is -2.32. The highest BCUT2D eigenvalue weighted by molar-refractivity contribution is 5.36. The summed E-state index contributed by atoms with van der Waals surface area (Å²) in [5.41, 5.74) is 2.07. The molecule has 0 bridgehead atoms. The number of morpholine rings is 1. The number of nitrogens with one attached hydrogen (secondary N) is 1. The molecule has 2 aromatic rings. The van der Waals surface area contributed by atoms with Crippen LogP contribution in [0.25, 0.3) is 0 Å². The number of ether oxygens (including phenoxy) is 2. The molecule has 2 atom stereocenters. The van der Waals surface area contributed by atoms with E-state index in [9.17, 15) is 4.39 Å². The van der Waals surface area contributed by atoms with E-state index >= 15 is 0 Å². The second kappa shape index (κ2) is 7.57. The van der Waals surface area contributed by atoms with Crippen molar-refractivity contribution < 1.29 is 13.9 Å². The van der Waals surface area contributed by atoms with Crippen LogP contribution < -0.4 is 10.1 Å². The van der Waals surface area contributed by atoms with E-state index in [2.05, 4.69) is 17.4 Å². The van der Waals surface area contributed by atoms with Gasteiger partial charge in [-0.15, -0.1) is 0 Å². The normalized spacial score (nSPS) is 19.3. The van der Waals surface area contributed by atoms with Crippen LogP contribution in [0.1, 0.15) is 17.0 Å². The van der Waals surface area contributed by atoms with Crippen LogP contribution in [-0.4, -0.2) is 32.9 Å². The SMILES string of the molecule is COc1ccc(F)cc1C[C@@H](c1ccccc1)[C@@H]1CNCCO1. The van der Waals surface area contributed by atoms with Gasteiger partial charge in [-0.1, -0.05) is 30.3 Å². The Bertz CT molecular complexity index is 627. The Morgan fingerprint density at radius 3 is 2.78 bits per heavy atom. The average Bonchev–Trinajstić information content (AvgIpc) is 2.61. The largest absolute Gasteiger partial charge is 0.496 e. The van der Waals surface area contributed by atoms with E-state index in [0.29, 0.717) is 13.0 Å². The van der Waals surface area contributed by atoms with Crippen molar-refractivity contribution in [2.45, 2.75) is 18.4 Å². The summed E-state index contributed by atoms with van der Waals surface area (Å²) in [6, 6.07) is 14.9. The summed E-state index contributed by atoms with van der Waals surface area (Å²) in [5.74, 6) is 0.631. The molecule has 23 heavy (non-hydrogen) atoms. The van der Waals surface area contributed by atoms with E-state index in [1.54, 1.807) is 19.2 Å². The van der Waals surface area contributed by atoms with E-state index in [4.69, 9.17) is 9.47 Å². The van der Waals surface area contributed by atoms with Gasteiger partial charge in [-0.25, -0.2) is 4.39 Å². The number of benzene rings is 2. The average molecular weight is 315 g/mol. The highest BCUT2D eigenvalue weighted by atomic mass is 19.1. The number of rotatable bonds is 5. The van der Waals surface area contributed by atoms with Crippen molar-refractivity contribution in [3.8, 4) is 5.75 Å². The lowest BCUT2D eigenvalue weighted by molar-refractivity contribution is 0.0109. The Balaban J connectivity index is 1.91. The van der Waals surface area contributed by atoms with Gasteiger partial charge in [-0.3, -0.25) is 0 Å². The Kier molecular flexibility index (Phi) is 5.26. The first-order valence-corrected chi connectivity index (χ1v) is 7.97. The van der Waals surface area contributed by atoms with Crippen LogP contribution in [0.5, 0.6) is 5.75 Å². The molecule has 1 fully saturated rings. The minimum Gasteiger partial charge on any atom is -0.496 e.